The molecule has 5 nitrogen and oxygen atoms in total. The third kappa shape index (κ3) is 6.32. The SMILES string of the molecule is CCOC(=O)C(C)(CCN(C)CC1CCCO1)NC(C)C. The molecule has 0 aromatic carbocycles. The van der Waals surface area contributed by atoms with Gasteiger partial charge in [0.15, 0.2) is 0 Å². The van der Waals surface area contributed by atoms with Crippen molar-refractivity contribution < 1.29 is 14.3 Å². The van der Waals surface area contributed by atoms with E-state index >= 15 is 0 Å². The maximum absolute atomic E-state index is 12.2. The Bertz CT molecular complexity index is 317. The highest BCUT2D eigenvalue weighted by molar-refractivity contribution is 5.80. The summed E-state index contributed by atoms with van der Waals surface area (Å²) in [6.45, 7) is 11.0. The van der Waals surface area contributed by atoms with E-state index in [0.29, 0.717) is 12.7 Å². The third-order valence-corrected chi connectivity index (χ3v) is 3.87. The van der Waals surface area contributed by atoms with Gasteiger partial charge in [-0.15, -0.1) is 0 Å². The van der Waals surface area contributed by atoms with E-state index in [1.807, 2.05) is 27.7 Å². The van der Waals surface area contributed by atoms with Crippen molar-refractivity contribution in [1.29, 1.82) is 0 Å². The summed E-state index contributed by atoms with van der Waals surface area (Å²) in [6, 6.07) is 0.239. The Morgan fingerprint density at radius 2 is 2.24 bits per heavy atom. The first-order chi connectivity index (χ1) is 9.87. The van der Waals surface area contributed by atoms with Gasteiger partial charge in [-0.05, 0) is 54.0 Å². The van der Waals surface area contributed by atoms with Crippen LogP contribution in [0.1, 0.15) is 47.0 Å². The molecule has 124 valence electrons. The van der Waals surface area contributed by atoms with Crippen LogP contribution in [0.15, 0.2) is 0 Å². The fourth-order valence-electron chi connectivity index (χ4n) is 2.80. The topological polar surface area (TPSA) is 50.8 Å². The highest BCUT2D eigenvalue weighted by Crippen LogP contribution is 2.16. The molecule has 0 spiro atoms. The molecule has 1 aliphatic rings. The fourth-order valence-corrected chi connectivity index (χ4v) is 2.80. The van der Waals surface area contributed by atoms with Gasteiger partial charge in [0.2, 0.25) is 0 Å². The monoisotopic (exact) mass is 300 g/mol. The second-order valence-corrected chi connectivity index (χ2v) is 6.50. The minimum absolute atomic E-state index is 0.163. The molecule has 1 aliphatic heterocycles. The second-order valence-electron chi connectivity index (χ2n) is 6.50. The van der Waals surface area contributed by atoms with Gasteiger partial charge < -0.3 is 14.4 Å². The molecular weight excluding hydrogens is 268 g/mol. The summed E-state index contributed by atoms with van der Waals surface area (Å²) in [5.74, 6) is -0.163. The van der Waals surface area contributed by atoms with Gasteiger partial charge in [0.1, 0.15) is 5.54 Å². The van der Waals surface area contributed by atoms with Crippen LogP contribution in [-0.4, -0.2) is 61.9 Å². The van der Waals surface area contributed by atoms with Gasteiger partial charge in [0.25, 0.3) is 0 Å². The van der Waals surface area contributed by atoms with Crippen LogP contribution >= 0.6 is 0 Å². The van der Waals surface area contributed by atoms with Crippen molar-refractivity contribution in [3.63, 3.8) is 0 Å². The lowest BCUT2D eigenvalue weighted by Crippen LogP contribution is -2.54. The Morgan fingerprint density at radius 1 is 1.52 bits per heavy atom. The molecule has 0 amide bonds. The van der Waals surface area contributed by atoms with Gasteiger partial charge in [-0.25, -0.2) is 0 Å². The van der Waals surface area contributed by atoms with Crippen molar-refractivity contribution in [2.45, 2.75) is 64.6 Å². The lowest BCUT2D eigenvalue weighted by molar-refractivity contribution is -0.151. The zero-order chi connectivity index (χ0) is 15.9. The maximum atomic E-state index is 12.2. The maximum Gasteiger partial charge on any atom is 0.326 e. The van der Waals surface area contributed by atoms with Crippen molar-refractivity contribution in [1.82, 2.24) is 10.2 Å². The molecule has 0 aromatic rings. The number of hydrogen-bond acceptors (Lipinski definition) is 5. The summed E-state index contributed by atoms with van der Waals surface area (Å²) in [6.07, 6.45) is 3.38. The summed E-state index contributed by atoms with van der Waals surface area (Å²) in [4.78, 5) is 14.5. The van der Waals surface area contributed by atoms with E-state index in [2.05, 4.69) is 17.3 Å². The van der Waals surface area contributed by atoms with E-state index in [1.54, 1.807) is 0 Å². The zero-order valence-corrected chi connectivity index (χ0v) is 14.3. The Balaban J connectivity index is 2.49. The van der Waals surface area contributed by atoms with Crippen molar-refractivity contribution in [3.8, 4) is 0 Å². The number of nitrogens with one attached hydrogen (secondary N) is 1. The molecule has 1 heterocycles. The predicted octanol–water partition coefficient (Wildman–Crippen LogP) is 1.81. The number of ether oxygens (including phenoxy) is 2. The molecule has 21 heavy (non-hydrogen) atoms. The number of hydrogen-bond donors (Lipinski definition) is 1. The lowest BCUT2D eigenvalue weighted by Gasteiger charge is -2.32. The van der Waals surface area contributed by atoms with Crippen molar-refractivity contribution >= 4 is 5.97 Å². The van der Waals surface area contributed by atoms with Crippen LogP contribution in [0.25, 0.3) is 0 Å². The van der Waals surface area contributed by atoms with E-state index in [4.69, 9.17) is 9.47 Å². The molecule has 1 fully saturated rings. The molecule has 2 atom stereocenters. The van der Waals surface area contributed by atoms with Crippen LogP contribution < -0.4 is 5.32 Å². The number of nitrogens with zero attached hydrogens (tertiary/aromatic N) is 1. The Morgan fingerprint density at radius 3 is 2.76 bits per heavy atom. The molecule has 1 rings (SSSR count). The number of carbonyl (C=O) groups excluding carboxylic acids is 1. The molecule has 5 heteroatoms. The van der Waals surface area contributed by atoms with Gasteiger partial charge >= 0.3 is 5.97 Å². The van der Waals surface area contributed by atoms with E-state index < -0.39 is 5.54 Å². The first-order valence-corrected chi connectivity index (χ1v) is 8.12. The number of rotatable bonds is 9. The summed E-state index contributed by atoms with van der Waals surface area (Å²) in [5, 5.41) is 3.36. The highest BCUT2D eigenvalue weighted by atomic mass is 16.5. The van der Waals surface area contributed by atoms with Crippen LogP contribution in [0, 0.1) is 0 Å². The summed E-state index contributed by atoms with van der Waals surface area (Å²) >= 11 is 0. The predicted molar refractivity (Wildman–Crippen MR) is 84.4 cm³/mol. The van der Waals surface area contributed by atoms with Crippen LogP contribution in [0.2, 0.25) is 0 Å². The molecule has 0 aromatic heterocycles. The second kappa shape index (κ2) is 8.71. The largest absolute Gasteiger partial charge is 0.465 e. The average molecular weight is 300 g/mol. The quantitative estimate of drug-likeness (QED) is 0.658. The lowest BCUT2D eigenvalue weighted by atomic mass is 9.96. The molecule has 0 bridgehead atoms. The number of esters is 1. The Labute approximate surface area is 129 Å². The van der Waals surface area contributed by atoms with Crippen molar-refractivity contribution in [2.24, 2.45) is 0 Å². The summed E-state index contributed by atoms with van der Waals surface area (Å²) in [7, 11) is 2.09. The summed E-state index contributed by atoms with van der Waals surface area (Å²) in [5.41, 5.74) is -0.630. The molecule has 2 unspecified atom stereocenters. The Hall–Kier alpha value is -0.650. The van der Waals surface area contributed by atoms with E-state index in [1.165, 1.54) is 0 Å². The van der Waals surface area contributed by atoms with Crippen LogP contribution in [0.4, 0.5) is 0 Å². The zero-order valence-electron chi connectivity index (χ0n) is 14.3. The van der Waals surface area contributed by atoms with Gasteiger partial charge in [-0.1, -0.05) is 0 Å². The Kier molecular flexibility index (Phi) is 7.63. The molecule has 1 N–H and O–H groups in total. The average Bonchev–Trinajstić information content (AvgIpc) is 2.89. The number of likely N-dealkylation sites (N-methyl/N-ethyl adjacent to an activating group) is 1. The summed E-state index contributed by atoms with van der Waals surface area (Å²) < 4.78 is 10.9. The fraction of sp³-hybridized carbons (Fsp3) is 0.938. The van der Waals surface area contributed by atoms with Gasteiger partial charge in [0, 0.05) is 25.7 Å². The van der Waals surface area contributed by atoms with Crippen LogP contribution in [0.3, 0.4) is 0 Å². The third-order valence-electron chi connectivity index (χ3n) is 3.87. The van der Waals surface area contributed by atoms with Crippen molar-refractivity contribution in [3.05, 3.63) is 0 Å². The minimum atomic E-state index is -0.630. The van der Waals surface area contributed by atoms with E-state index in [-0.39, 0.29) is 12.0 Å². The van der Waals surface area contributed by atoms with Gasteiger partial charge in [-0.3, -0.25) is 10.1 Å². The standard InChI is InChI=1S/C16H32N2O3/c1-6-20-15(19)16(4,17-13(2)3)9-10-18(5)12-14-8-7-11-21-14/h13-14,17H,6-12H2,1-5H3. The highest BCUT2D eigenvalue weighted by Gasteiger charge is 2.35. The molecule has 0 radical (unpaired) electrons. The molecule has 0 aliphatic carbocycles. The minimum Gasteiger partial charge on any atom is -0.465 e. The molecule has 1 saturated heterocycles. The van der Waals surface area contributed by atoms with E-state index in [0.717, 1.165) is 39.0 Å². The first-order valence-electron chi connectivity index (χ1n) is 8.12. The van der Waals surface area contributed by atoms with Crippen LogP contribution in [0.5, 0.6) is 0 Å². The van der Waals surface area contributed by atoms with Gasteiger partial charge in [0.05, 0.1) is 12.7 Å². The van der Waals surface area contributed by atoms with Crippen molar-refractivity contribution in [2.75, 3.05) is 33.4 Å². The van der Waals surface area contributed by atoms with Crippen LogP contribution in [-0.2, 0) is 14.3 Å². The first kappa shape index (κ1) is 18.4. The van der Waals surface area contributed by atoms with E-state index in [9.17, 15) is 4.79 Å². The smallest absolute Gasteiger partial charge is 0.326 e. The molecule has 0 saturated carbocycles. The van der Waals surface area contributed by atoms with Gasteiger partial charge in [-0.2, -0.15) is 0 Å². The normalized spacial score (nSPS) is 21.8. The number of carbonyl (C=O) groups is 1. The molecular formula is C16H32N2O3.